The van der Waals surface area contributed by atoms with Crippen LogP contribution in [0.5, 0.6) is 0 Å². The Morgan fingerprint density at radius 3 is 2.33 bits per heavy atom. The molecule has 1 aromatic carbocycles. The first kappa shape index (κ1) is 20.1. The number of nitrogens with zero attached hydrogens (tertiary/aromatic N) is 2. The van der Waals surface area contributed by atoms with Crippen LogP contribution in [-0.4, -0.2) is 28.1 Å². The van der Waals surface area contributed by atoms with Crippen molar-refractivity contribution in [3.05, 3.63) is 47.0 Å². The van der Waals surface area contributed by atoms with Crippen LogP contribution in [0.1, 0.15) is 58.4 Å². The van der Waals surface area contributed by atoms with Crippen LogP contribution in [0.25, 0.3) is 0 Å². The van der Waals surface area contributed by atoms with Gasteiger partial charge in [-0.3, -0.25) is 4.68 Å². The van der Waals surface area contributed by atoms with Gasteiger partial charge in [0.1, 0.15) is 5.82 Å². The fraction of sp³-hybridized carbons (Fsp3) is 0.571. The molecule has 2 heterocycles. The minimum absolute atomic E-state index is 0.252. The Morgan fingerprint density at radius 2 is 1.74 bits per heavy atom. The summed E-state index contributed by atoms with van der Waals surface area (Å²) in [7, 11) is -0.503. The van der Waals surface area contributed by atoms with E-state index in [-0.39, 0.29) is 5.82 Å². The molecule has 2 aromatic rings. The van der Waals surface area contributed by atoms with Crippen LogP contribution < -0.4 is 5.46 Å². The number of rotatable bonds is 5. The Balaban J connectivity index is 1.91. The monoisotopic (exact) mass is 372 g/mol. The Labute approximate surface area is 162 Å². The summed E-state index contributed by atoms with van der Waals surface area (Å²) in [6.45, 7) is 15.3. The molecule has 1 saturated heterocycles. The Morgan fingerprint density at radius 1 is 1.11 bits per heavy atom. The predicted molar refractivity (Wildman–Crippen MR) is 107 cm³/mol. The number of halogens is 1. The number of aryl methyl sites for hydroxylation is 1. The molecule has 1 aliphatic rings. The van der Waals surface area contributed by atoms with Crippen LogP contribution >= 0.6 is 0 Å². The highest BCUT2D eigenvalue weighted by Crippen LogP contribution is 2.36. The van der Waals surface area contributed by atoms with Crippen LogP contribution in [0.4, 0.5) is 4.39 Å². The molecule has 1 aliphatic heterocycles. The summed E-state index contributed by atoms with van der Waals surface area (Å²) in [4.78, 5) is 0. The van der Waals surface area contributed by atoms with Crippen LogP contribution in [0.2, 0.25) is 0 Å². The van der Waals surface area contributed by atoms with Gasteiger partial charge >= 0.3 is 7.12 Å². The lowest BCUT2D eigenvalue weighted by molar-refractivity contribution is 0.00578. The number of hydrogen-bond acceptors (Lipinski definition) is 3. The smallest absolute Gasteiger partial charge is 0.399 e. The van der Waals surface area contributed by atoms with E-state index in [0.717, 1.165) is 28.8 Å². The fourth-order valence-electron chi connectivity index (χ4n) is 3.33. The van der Waals surface area contributed by atoms with Gasteiger partial charge in [0.15, 0.2) is 0 Å². The van der Waals surface area contributed by atoms with Crippen molar-refractivity contribution >= 4 is 12.6 Å². The molecule has 0 bridgehead atoms. The van der Waals surface area contributed by atoms with Gasteiger partial charge in [0.05, 0.1) is 16.9 Å². The maximum absolute atomic E-state index is 14.0. The summed E-state index contributed by atoms with van der Waals surface area (Å²) in [6.07, 6.45) is 2.66. The van der Waals surface area contributed by atoms with Gasteiger partial charge in [-0.1, -0.05) is 19.9 Å². The molecule has 0 aliphatic carbocycles. The fourth-order valence-corrected chi connectivity index (χ4v) is 3.33. The summed E-state index contributed by atoms with van der Waals surface area (Å²) in [5, 5.41) is 4.60. The zero-order valence-electron chi connectivity index (χ0n) is 17.5. The van der Waals surface area contributed by atoms with Crippen molar-refractivity contribution in [1.29, 1.82) is 0 Å². The van der Waals surface area contributed by atoms with Gasteiger partial charge < -0.3 is 9.31 Å². The van der Waals surface area contributed by atoms with E-state index in [0.29, 0.717) is 12.3 Å². The molecule has 0 spiro atoms. The number of benzene rings is 1. The molecule has 3 rings (SSSR count). The largest absolute Gasteiger partial charge is 0.495 e. The second-order valence-corrected chi connectivity index (χ2v) is 8.96. The highest BCUT2D eigenvalue weighted by Gasteiger charge is 2.52. The van der Waals surface area contributed by atoms with Crippen molar-refractivity contribution in [2.45, 2.75) is 72.6 Å². The Kier molecular flexibility index (Phi) is 5.25. The predicted octanol–water partition coefficient (Wildman–Crippen LogP) is 3.88. The molecule has 6 heteroatoms. The molecule has 0 radical (unpaired) electrons. The molecule has 1 aromatic heterocycles. The van der Waals surface area contributed by atoms with E-state index in [9.17, 15) is 4.39 Å². The maximum Gasteiger partial charge on any atom is 0.495 e. The quantitative estimate of drug-likeness (QED) is 0.748. The van der Waals surface area contributed by atoms with Crippen molar-refractivity contribution in [2.75, 3.05) is 0 Å². The lowest BCUT2D eigenvalue weighted by Crippen LogP contribution is -2.41. The van der Waals surface area contributed by atoms with E-state index in [4.69, 9.17) is 9.31 Å². The number of hydrogen-bond donors (Lipinski definition) is 0. The van der Waals surface area contributed by atoms with E-state index in [1.165, 1.54) is 6.07 Å². The maximum atomic E-state index is 14.0. The molecule has 1 fully saturated rings. The van der Waals surface area contributed by atoms with E-state index in [2.05, 4.69) is 25.1 Å². The summed E-state index contributed by atoms with van der Waals surface area (Å²) in [5.74, 6) is 0.268. The standard InChI is InChI=1S/C21H30BFN2O2/c1-14(2)12-25-13-17(15(3)24-25)10-16-11-18(23)8-9-19(16)22-26-20(4,5)21(6,7)27-22/h8-9,11,13-14H,10,12H2,1-7H3. The molecule has 4 nitrogen and oxygen atoms in total. The first-order valence-electron chi connectivity index (χ1n) is 9.65. The average Bonchev–Trinajstić information content (AvgIpc) is 2.94. The van der Waals surface area contributed by atoms with Crippen molar-refractivity contribution < 1.29 is 13.7 Å². The van der Waals surface area contributed by atoms with E-state index < -0.39 is 18.3 Å². The minimum atomic E-state index is -0.503. The molecule has 0 saturated carbocycles. The summed E-state index contributed by atoms with van der Waals surface area (Å²) < 4.78 is 28.4. The molecule has 27 heavy (non-hydrogen) atoms. The highest BCUT2D eigenvalue weighted by molar-refractivity contribution is 6.62. The third-order valence-electron chi connectivity index (χ3n) is 5.59. The minimum Gasteiger partial charge on any atom is -0.399 e. The molecule has 0 N–H and O–H groups in total. The zero-order valence-corrected chi connectivity index (χ0v) is 17.5. The first-order chi connectivity index (χ1) is 12.5. The zero-order chi connectivity index (χ0) is 20.0. The van der Waals surface area contributed by atoms with Gasteiger partial charge in [0.2, 0.25) is 0 Å². The molecule has 0 amide bonds. The lowest BCUT2D eigenvalue weighted by atomic mass is 9.74. The molecule has 0 unspecified atom stereocenters. The molecular formula is C21H30BFN2O2. The molecule has 146 valence electrons. The second-order valence-electron chi connectivity index (χ2n) is 8.96. The van der Waals surface area contributed by atoms with E-state index >= 15 is 0 Å². The van der Waals surface area contributed by atoms with Gasteiger partial charge in [0.25, 0.3) is 0 Å². The third kappa shape index (κ3) is 4.12. The summed E-state index contributed by atoms with van der Waals surface area (Å²) >= 11 is 0. The lowest BCUT2D eigenvalue weighted by Gasteiger charge is -2.32. The highest BCUT2D eigenvalue weighted by atomic mass is 19.1. The Bertz CT molecular complexity index is 814. The van der Waals surface area contributed by atoms with Gasteiger partial charge in [-0.15, -0.1) is 0 Å². The van der Waals surface area contributed by atoms with Crippen molar-refractivity contribution in [3.8, 4) is 0 Å². The van der Waals surface area contributed by atoms with Crippen LogP contribution in [0.15, 0.2) is 24.4 Å². The van der Waals surface area contributed by atoms with Gasteiger partial charge in [-0.05, 0) is 69.3 Å². The molecular weight excluding hydrogens is 342 g/mol. The van der Waals surface area contributed by atoms with Crippen LogP contribution in [0.3, 0.4) is 0 Å². The van der Waals surface area contributed by atoms with E-state index in [1.807, 2.05) is 39.3 Å². The van der Waals surface area contributed by atoms with E-state index in [1.54, 1.807) is 12.1 Å². The van der Waals surface area contributed by atoms with Gasteiger partial charge in [-0.25, -0.2) is 4.39 Å². The summed E-state index contributed by atoms with van der Waals surface area (Å²) in [5.41, 5.74) is 2.97. The van der Waals surface area contributed by atoms with Crippen molar-refractivity contribution in [1.82, 2.24) is 9.78 Å². The average molecular weight is 372 g/mol. The normalized spacial score (nSPS) is 18.5. The van der Waals surface area contributed by atoms with Crippen LogP contribution in [0, 0.1) is 18.7 Å². The second kappa shape index (κ2) is 7.06. The van der Waals surface area contributed by atoms with Crippen molar-refractivity contribution in [2.24, 2.45) is 5.92 Å². The van der Waals surface area contributed by atoms with Gasteiger partial charge in [-0.2, -0.15) is 5.10 Å². The molecule has 0 atom stereocenters. The first-order valence-corrected chi connectivity index (χ1v) is 9.65. The van der Waals surface area contributed by atoms with Crippen molar-refractivity contribution in [3.63, 3.8) is 0 Å². The topological polar surface area (TPSA) is 36.3 Å². The Hall–Kier alpha value is -1.66. The summed E-state index contributed by atoms with van der Waals surface area (Å²) in [6, 6.07) is 4.83. The SMILES string of the molecule is Cc1nn(CC(C)C)cc1Cc1cc(F)ccc1B1OC(C)(C)C(C)(C)O1. The van der Waals surface area contributed by atoms with Crippen LogP contribution in [-0.2, 0) is 22.3 Å². The third-order valence-corrected chi connectivity index (χ3v) is 5.59. The number of aromatic nitrogens is 2. The van der Waals surface area contributed by atoms with Gasteiger partial charge in [0, 0.05) is 19.2 Å².